The number of phenols is 2. The SMILES string of the molecule is COc1cc(C[C@@H]2C(=O)OC[C@@H]2C(=O)c2ccc(O)c(OC)c2)ccc1O. The van der Waals surface area contributed by atoms with E-state index >= 15 is 0 Å². The summed E-state index contributed by atoms with van der Waals surface area (Å²) >= 11 is 0. The molecular formula is C20H20O7. The van der Waals surface area contributed by atoms with Crippen molar-refractivity contribution in [2.24, 2.45) is 11.8 Å². The average Bonchev–Trinajstić information content (AvgIpc) is 3.03. The molecule has 1 aliphatic heterocycles. The number of methoxy groups -OCH3 is 2. The zero-order chi connectivity index (χ0) is 19.6. The molecule has 7 nitrogen and oxygen atoms in total. The number of hydrogen-bond acceptors (Lipinski definition) is 7. The summed E-state index contributed by atoms with van der Waals surface area (Å²) < 4.78 is 15.3. The zero-order valence-electron chi connectivity index (χ0n) is 15.0. The second-order valence-electron chi connectivity index (χ2n) is 6.30. The number of carbonyl (C=O) groups excluding carboxylic acids is 2. The van der Waals surface area contributed by atoms with Gasteiger partial charge in [-0.15, -0.1) is 0 Å². The number of aromatic hydroxyl groups is 2. The maximum absolute atomic E-state index is 12.9. The fourth-order valence-electron chi connectivity index (χ4n) is 3.19. The molecule has 1 heterocycles. The van der Waals surface area contributed by atoms with Crippen LogP contribution in [-0.2, 0) is 16.0 Å². The number of cyclic esters (lactones) is 1. The number of phenolic OH excluding ortho intramolecular Hbond substituents is 2. The lowest BCUT2D eigenvalue weighted by atomic mass is 9.84. The van der Waals surface area contributed by atoms with Gasteiger partial charge in [-0.3, -0.25) is 9.59 Å². The Balaban J connectivity index is 1.85. The van der Waals surface area contributed by atoms with Gasteiger partial charge in [0.25, 0.3) is 0 Å². The molecule has 2 N–H and O–H groups in total. The maximum Gasteiger partial charge on any atom is 0.310 e. The van der Waals surface area contributed by atoms with Crippen LogP contribution in [0.5, 0.6) is 23.0 Å². The van der Waals surface area contributed by atoms with Crippen molar-refractivity contribution in [3.8, 4) is 23.0 Å². The third-order valence-electron chi connectivity index (χ3n) is 4.69. The number of Topliss-reactive ketones (excluding diaryl/α,β-unsaturated/α-hetero) is 1. The summed E-state index contributed by atoms with van der Waals surface area (Å²) in [7, 11) is 2.83. The number of rotatable bonds is 6. The van der Waals surface area contributed by atoms with Gasteiger partial charge < -0.3 is 24.4 Å². The molecule has 142 valence electrons. The zero-order valence-corrected chi connectivity index (χ0v) is 15.0. The molecule has 1 saturated heterocycles. The lowest BCUT2D eigenvalue weighted by Crippen LogP contribution is -2.26. The number of ketones is 1. The van der Waals surface area contributed by atoms with Gasteiger partial charge in [0, 0.05) is 5.56 Å². The van der Waals surface area contributed by atoms with Crippen molar-refractivity contribution in [1.29, 1.82) is 0 Å². The molecule has 1 fully saturated rings. The van der Waals surface area contributed by atoms with Crippen molar-refractivity contribution in [2.45, 2.75) is 6.42 Å². The van der Waals surface area contributed by atoms with Gasteiger partial charge in [0.1, 0.15) is 6.61 Å². The fourth-order valence-corrected chi connectivity index (χ4v) is 3.19. The molecule has 2 atom stereocenters. The van der Waals surface area contributed by atoms with E-state index in [0.717, 1.165) is 5.56 Å². The standard InChI is InChI=1S/C20H20O7/c1-25-17-8-11(3-5-15(17)21)7-13-14(10-27-20(13)24)19(23)12-4-6-16(22)18(9-12)26-2/h3-6,8-9,13-14,21-22H,7,10H2,1-2H3/t13-,14-/m0/s1. The molecule has 0 spiro atoms. The van der Waals surface area contributed by atoms with E-state index in [0.29, 0.717) is 11.3 Å². The van der Waals surface area contributed by atoms with Crippen molar-refractivity contribution in [2.75, 3.05) is 20.8 Å². The Morgan fingerprint density at radius 1 is 1.07 bits per heavy atom. The first-order valence-corrected chi connectivity index (χ1v) is 8.38. The van der Waals surface area contributed by atoms with Crippen LogP contribution in [0.1, 0.15) is 15.9 Å². The molecule has 0 aromatic heterocycles. The van der Waals surface area contributed by atoms with E-state index in [2.05, 4.69) is 0 Å². The minimum atomic E-state index is -0.647. The molecule has 2 aromatic carbocycles. The van der Waals surface area contributed by atoms with Crippen LogP contribution in [-0.4, -0.2) is 42.8 Å². The van der Waals surface area contributed by atoms with Gasteiger partial charge >= 0.3 is 5.97 Å². The smallest absolute Gasteiger partial charge is 0.310 e. The highest BCUT2D eigenvalue weighted by atomic mass is 16.5. The molecule has 27 heavy (non-hydrogen) atoms. The number of esters is 1. The van der Waals surface area contributed by atoms with E-state index in [-0.39, 0.29) is 36.1 Å². The number of benzene rings is 2. The first-order valence-electron chi connectivity index (χ1n) is 8.38. The Morgan fingerprint density at radius 3 is 2.37 bits per heavy atom. The van der Waals surface area contributed by atoms with Crippen molar-refractivity contribution >= 4 is 11.8 Å². The summed E-state index contributed by atoms with van der Waals surface area (Å²) in [6.07, 6.45) is 0.279. The van der Waals surface area contributed by atoms with Crippen molar-refractivity contribution in [3.63, 3.8) is 0 Å². The number of hydrogen-bond donors (Lipinski definition) is 2. The predicted octanol–water partition coefficient (Wildman–Crippen LogP) is 2.33. The van der Waals surface area contributed by atoms with Gasteiger partial charge in [0.05, 0.1) is 26.1 Å². The van der Waals surface area contributed by atoms with E-state index in [1.165, 1.54) is 38.5 Å². The average molecular weight is 372 g/mol. The predicted molar refractivity (Wildman–Crippen MR) is 95.3 cm³/mol. The molecule has 0 aliphatic carbocycles. The molecule has 2 aromatic rings. The van der Waals surface area contributed by atoms with Crippen LogP contribution in [0.3, 0.4) is 0 Å². The molecule has 0 bridgehead atoms. The highest BCUT2D eigenvalue weighted by Gasteiger charge is 2.41. The summed E-state index contributed by atoms with van der Waals surface area (Å²) in [5.41, 5.74) is 1.08. The van der Waals surface area contributed by atoms with E-state index in [9.17, 15) is 19.8 Å². The molecule has 0 amide bonds. The second kappa shape index (κ2) is 7.57. The molecule has 0 radical (unpaired) electrons. The van der Waals surface area contributed by atoms with E-state index in [1.54, 1.807) is 12.1 Å². The van der Waals surface area contributed by atoms with Crippen molar-refractivity contribution in [3.05, 3.63) is 47.5 Å². The fraction of sp³-hybridized carbons (Fsp3) is 0.300. The van der Waals surface area contributed by atoms with E-state index < -0.39 is 17.8 Å². The van der Waals surface area contributed by atoms with E-state index in [1.807, 2.05) is 0 Å². The van der Waals surface area contributed by atoms with Crippen LogP contribution in [0.15, 0.2) is 36.4 Å². The summed E-state index contributed by atoms with van der Waals surface area (Å²) in [4.78, 5) is 25.1. The van der Waals surface area contributed by atoms with Gasteiger partial charge in [-0.1, -0.05) is 6.07 Å². The van der Waals surface area contributed by atoms with Crippen LogP contribution in [0.4, 0.5) is 0 Å². The molecular weight excluding hydrogens is 352 g/mol. The van der Waals surface area contributed by atoms with Crippen LogP contribution in [0.2, 0.25) is 0 Å². The minimum absolute atomic E-state index is 0.000738. The first kappa shape index (κ1) is 18.6. The Kier molecular flexibility index (Phi) is 5.21. The summed E-state index contributed by atoms with van der Waals surface area (Å²) in [5.74, 6) is -1.57. The monoisotopic (exact) mass is 372 g/mol. The Hall–Kier alpha value is -3.22. The molecule has 0 saturated carbocycles. The molecule has 3 rings (SSSR count). The lowest BCUT2D eigenvalue weighted by molar-refractivity contribution is -0.141. The quantitative estimate of drug-likeness (QED) is 0.593. The van der Waals surface area contributed by atoms with Crippen LogP contribution >= 0.6 is 0 Å². The molecule has 7 heteroatoms. The normalized spacial score (nSPS) is 18.8. The van der Waals surface area contributed by atoms with Crippen molar-refractivity contribution < 1.29 is 34.0 Å². The van der Waals surface area contributed by atoms with Crippen LogP contribution in [0.25, 0.3) is 0 Å². The Labute approximate surface area is 156 Å². The highest BCUT2D eigenvalue weighted by molar-refractivity contribution is 6.01. The first-order chi connectivity index (χ1) is 12.9. The van der Waals surface area contributed by atoms with Gasteiger partial charge in [-0.05, 0) is 42.3 Å². The number of carbonyl (C=O) groups is 2. The summed E-state index contributed by atoms with van der Waals surface area (Å²) in [6.45, 7) is 0.000738. The topological polar surface area (TPSA) is 102 Å². The third-order valence-corrected chi connectivity index (χ3v) is 4.69. The van der Waals surface area contributed by atoms with Gasteiger partial charge in [-0.2, -0.15) is 0 Å². The van der Waals surface area contributed by atoms with E-state index in [4.69, 9.17) is 14.2 Å². The van der Waals surface area contributed by atoms with Gasteiger partial charge in [-0.25, -0.2) is 0 Å². The Morgan fingerprint density at radius 2 is 1.70 bits per heavy atom. The lowest BCUT2D eigenvalue weighted by Gasteiger charge is -2.16. The van der Waals surface area contributed by atoms with Crippen molar-refractivity contribution in [1.82, 2.24) is 0 Å². The van der Waals surface area contributed by atoms with Gasteiger partial charge in [0.15, 0.2) is 28.8 Å². The largest absolute Gasteiger partial charge is 0.504 e. The molecule has 0 unspecified atom stereocenters. The molecule has 1 aliphatic rings. The minimum Gasteiger partial charge on any atom is -0.504 e. The van der Waals surface area contributed by atoms with Crippen LogP contribution in [0, 0.1) is 11.8 Å². The second-order valence-corrected chi connectivity index (χ2v) is 6.30. The van der Waals surface area contributed by atoms with Gasteiger partial charge in [0.2, 0.25) is 0 Å². The summed E-state index contributed by atoms with van der Waals surface area (Å²) in [6, 6.07) is 9.10. The highest BCUT2D eigenvalue weighted by Crippen LogP contribution is 2.34. The Bertz CT molecular complexity index is 875. The number of ether oxygens (including phenoxy) is 3. The maximum atomic E-state index is 12.9. The van der Waals surface area contributed by atoms with Crippen LogP contribution < -0.4 is 9.47 Å². The third kappa shape index (κ3) is 3.67. The summed E-state index contributed by atoms with van der Waals surface area (Å²) in [5, 5.41) is 19.4.